The molecule has 22 heavy (non-hydrogen) atoms. The van der Waals surface area contributed by atoms with E-state index in [9.17, 15) is 24.4 Å². The molecule has 0 saturated carbocycles. The quantitative estimate of drug-likeness (QED) is 0.513. The van der Waals surface area contributed by atoms with E-state index in [0.717, 1.165) is 30.5 Å². The summed E-state index contributed by atoms with van der Waals surface area (Å²) in [6, 6.07) is 8.24. The fraction of sp³-hybridized carbons (Fsp3) is 0. The topological polar surface area (TPSA) is 105 Å². The van der Waals surface area contributed by atoms with Crippen LogP contribution in [0.25, 0.3) is 0 Å². The van der Waals surface area contributed by atoms with E-state index in [1.54, 1.807) is 0 Å². The Kier molecular flexibility index (Phi) is 4.42. The highest BCUT2D eigenvalue weighted by Gasteiger charge is 2.12. The standard InChI is InChI=1S/C14H10FN3O4/c15-11-3-1-9(2-4-11)14(20)17-16-8-10-7-12(19)5-6-13(10)18(21)22/h1-8,19H,(H,17,20). The van der Waals surface area contributed by atoms with Crippen molar-refractivity contribution in [3.63, 3.8) is 0 Å². The number of benzene rings is 2. The Hall–Kier alpha value is -3.29. The zero-order valence-electron chi connectivity index (χ0n) is 11.1. The molecule has 7 nitrogen and oxygen atoms in total. The van der Waals surface area contributed by atoms with Crippen molar-refractivity contribution in [2.24, 2.45) is 5.10 Å². The van der Waals surface area contributed by atoms with E-state index in [-0.39, 0.29) is 22.6 Å². The van der Waals surface area contributed by atoms with Gasteiger partial charge in [0.15, 0.2) is 0 Å². The molecule has 8 heteroatoms. The Labute approximate surface area is 123 Å². The Bertz CT molecular complexity index is 744. The summed E-state index contributed by atoms with van der Waals surface area (Å²) >= 11 is 0. The average Bonchev–Trinajstić information content (AvgIpc) is 2.47. The molecule has 0 atom stereocenters. The molecule has 0 aliphatic heterocycles. The van der Waals surface area contributed by atoms with Crippen LogP contribution in [0.3, 0.4) is 0 Å². The second-order valence-electron chi connectivity index (χ2n) is 4.21. The van der Waals surface area contributed by atoms with Crippen molar-refractivity contribution >= 4 is 17.8 Å². The van der Waals surface area contributed by atoms with E-state index in [1.165, 1.54) is 18.2 Å². The number of hydrogen-bond donors (Lipinski definition) is 2. The molecule has 0 aliphatic carbocycles. The van der Waals surface area contributed by atoms with Crippen molar-refractivity contribution in [1.82, 2.24) is 5.43 Å². The Morgan fingerprint density at radius 2 is 1.95 bits per heavy atom. The summed E-state index contributed by atoms with van der Waals surface area (Å²) in [7, 11) is 0. The fourth-order valence-electron chi connectivity index (χ4n) is 1.64. The number of phenols is 1. The largest absolute Gasteiger partial charge is 0.508 e. The lowest BCUT2D eigenvalue weighted by molar-refractivity contribution is -0.385. The highest BCUT2D eigenvalue weighted by molar-refractivity contribution is 5.95. The second kappa shape index (κ2) is 6.44. The molecule has 2 rings (SSSR count). The third-order valence-corrected chi connectivity index (χ3v) is 2.68. The minimum absolute atomic E-state index is 0.0319. The van der Waals surface area contributed by atoms with E-state index >= 15 is 0 Å². The summed E-state index contributed by atoms with van der Waals surface area (Å²) in [5, 5.41) is 23.7. The lowest BCUT2D eigenvalue weighted by Crippen LogP contribution is -2.17. The molecule has 0 saturated heterocycles. The van der Waals surface area contributed by atoms with Crippen LogP contribution in [-0.4, -0.2) is 22.2 Å². The van der Waals surface area contributed by atoms with Gasteiger partial charge in [-0.05, 0) is 36.4 Å². The van der Waals surface area contributed by atoms with Crippen molar-refractivity contribution in [2.75, 3.05) is 0 Å². The van der Waals surface area contributed by atoms with Gasteiger partial charge in [0.1, 0.15) is 11.6 Å². The first kappa shape index (κ1) is 15.1. The second-order valence-corrected chi connectivity index (χ2v) is 4.21. The van der Waals surface area contributed by atoms with Crippen LogP contribution >= 0.6 is 0 Å². The summed E-state index contributed by atoms with van der Waals surface area (Å²) in [4.78, 5) is 21.9. The van der Waals surface area contributed by atoms with Gasteiger partial charge in [-0.3, -0.25) is 14.9 Å². The summed E-state index contributed by atoms with van der Waals surface area (Å²) < 4.78 is 12.7. The van der Waals surface area contributed by atoms with Crippen LogP contribution in [0.1, 0.15) is 15.9 Å². The summed E-state index contributed by atoms with van der Waals surface area (Å²) in [6.07, 6.45) is 1.04. The first-order chi connectivity index (χ1) is 10.5. The van der Waals surface area contributed by atoms with Crippen LogP contribution in [0.15, 0.2) is 47.6 Å². The number of nitro groups is 1. The number of carbonyl (C=O) groups is 1. The number of rotatable bonds is 4. The number of nitrogens with zero attached hydrogens (tertiary/aromatic N) is 2. The van der Waals surface area contributed by atoms with Gasteiger partial charge >= 0.3 is 0 Å². The molecule has 0 radical (unpaired) electrons. The average molecular weight is 303 g/mol. The normalized spacial score (nSPS) is 10.6. The van der Waals surface area contributed by atoms with Gasteiger partial charge in [0, 0.05) is 11.6 Å². The van der Waals surface area contributed by atoms with Crippen LogP contribution in [0.4, 0.5) is 10.1 Å². The van der Waals surface area contributed by atoms with Gasteiger partial charge in [0.2, 0.25) is 0 Å². The molecule has 0 bridgehead atoms. The highest BCUT2D eigenvalue weighted by atomic mass is 19.1. The van der Waals surface area contributed by atoms with E-state index < -0.39 is 16.6 Å². The molecule has 0 aliphatic rings. The van der Waals surface area contributed by atoms with Crippen LogP contribution in [0.5, 0.6) is 5.75 Å². The predicted molar refractivity (Wildman–Crippen MR) is 76.2 cm³/mol. The number of amides is 1. The predicted octanol–water partition coefficient (Wildman–Crippen LogP) is 2.20. The smallest absolute Gasteiger partial charge is 0.278 e. The summed E-state index contributed by atoms with van der Waals surface area (Å²) in [5.74, 6) is -1.24. The SMILES string of the molecule is O=C(NN=Cc1cc(O)ccc1[N+](=O)[O-])c1ccc(F)cc1. The first-order valence-corrected chi connectivity index (χ1v) is 6.04. The molecule has 0 heterocycles. The van der Waals surface area contributed by atoms with Crippen LogP contribution in [0.2, 0.25) is 0 Å². The third kappa shape index (κ3) is 3.63. The molecule has 1 amide bonds. The molecular formula is C14H10FN3O4. The molecule has 2 aromatic rings. The Balaban J connectivity index is 2.12. The van der Waals surface area contributed by atoms with Crippen LogP contribution in [-0.2, 0) is 0 Å². The molecule has 0 unspecified atom stereocenters. The van der Waals surface area contributed by atoms with Gasteiger partial charge in [-0.1, -0.05) is 0 Å². The monoisotopic (exact) mass is 303 g/mol. The van der Waals surface area contributed by atoms with E-state index in [0.29, 0.717) is 0 Å². The molecular weight excluding hydrogens is 293 g/mol. The maximum atomic E-state index is 12.7. The molecule has 0 spiro atoms. The zero-order chi connectivity index (χ0) is 16.1. The zero-order valence-corrected chi connectivity index (χ0v) is 11.1. The molecule has 2 N–H and O–H groups in total. The summed E-state index contributed by atoms with van der Waals surface area (Å²) in [6.45, 7) is 0. The lowest BCUT2D eigenvalue weighted by Gasteiger charge is -2.00. The minimum Gasteiger partial charge on any atom is -0.508 e. The van der Waals surface area contributed by atoms with E-state index in [1.807, 2.05) is 0 Å². The number of phenolic OH excluding ortho intramolecular Hbond substituents is 1. The van der Waals surface area contributed by atoms with Crippen molar-refractivity contribution in [2.45, 2.75) is 0 Å². The third-order valence-electron chi connectivity index (χ3n) is 2.68. The molecule has 112 valence electrons. The van der Waals surface area contributed by atoms with Crippen LogP contribution in [0, 0.1) is 15.9 Å². The van der Waals surface area contributed by atoms with Crippen LogP contribution < -0.4 is 5.43 Å². The number of hydrogen-bond acceptors (Lipinski definition) is 5. The summed E-state index contributed by atoms with van der Waals surface area (Å²) in [5.41, 5.74) is 2.11. The molecule has 0 aromatic heterocycles. The maximum Gasteiger partial charge on any atom is 0.278 e. The van der Waals surface area contributed by atoms with Crippen molar-refractivity contribution in [3.05, 3.63) is 69.5 Å². The molecule has 0 fully saturated rings. The fourth-order valence-corrected chi connectivity index (χ4v) is 1.64. The van der Waals surface area contributed by atoms with E-state index in [4.69, 9.17) is 0 Å². The van der Waals surface area contributed by atoms with Gasteiger partial charge < -0.3 is 5.11 Å². The number of nitrogens with one attached hydrogen (secondary N) is 1. The van der Waals surface area contributed by atoms with Crippen molar-refractivity contribution < 1.29 is 19.2 Å². The van der Waals surface area contributed by atoms with Crippen molar-refractivity contribution in [3.8, 4) is 5.75 Å². The van der Waals surface area contributed by atoms with Gasteiger partial charge in [0.05, 0.1) is 16.7 Å². The van der Waals surface area contributed by atoms with Gasteiger partial charge in [-0.2, -0.15) is 5.10 Å². The van der Waals surface area contributed by atoms with Gasteiger partial charge in [-0.25, -0.2) is 9.82 Å². The number of halogens is 1. The Morgan fingerprint density at radius 3 is 2.59 bits per heavy atom. The highest BCUT2D eigenvalue weighted by Crippen LogP contribution is 2.21. The number of aromatic hydroxyl groups is 1. The number of hydrazone groups is 1. The van der Waals surface area contributed by atoms with Crippen molar-refractivity contribution in [1.29, 1.82) is 0 Å². The first-order valence-electron chi connectivity index (χ1n) is 6.04. The Morgan fingerprint density at radius 1 is 1.27 bits per heavy atom. The minimum atomic E-state index is -0.636. The van der Waals surface area contributed by atoms with Gasteiger partial charge in [-0.15, -0.1) is 0 Å². The number of nitro benzene ring substituents is 1. The number of carbonyl (C=O) groups excluding carboxylic acids is 1. The van der Waals surface area contributed by atoms with E-state index in [2.05, 4.69) is 10.5 Å². The lowest BCUT2D eigenvalue weighted by atomic mass is 10.2. The maximum absolute atomic E-state index is 12.7. The molecule has 2 aromatic carbocycles. The van der Waals surface area contributed by atoms with Gasteiger partial charge in [0.25, 0.3) is 11.6 Å².